The molecule has 0 radical (unpaired) electrons. The van der Waals surface area contributed by atoms with Crippen molar-refractivity contribution in [2.24, 2.45) is 0 Å². The smallest absolute Gasteiger partial charge is 0.335 e. The Hall–Kier alpha value is -2.08. The van der Waals surface area contributed by atoms with Crippen LogP contribution in [0.5, 0.6) is 11.5 Å². The van der Waals surface area contributed by atoms with Crippen molar-refractivity contribution in [2.75, 3.05) is 13.2 Å². The van der Waals surface area contributed by atoms with E-state index in [2.05, 4.69) is 15.9 Å². The van der Waals surface area contributed by atoms with Gasteiger partial charge in [0.05, 0.1) is 10.0 Å². The van der Waals surface area contributed by atoms with Crippen LogP contribution in [0.3, 0.4) is 0 Å². The standard InChI is InChI=1S/C15H12BrFO4/c16-13-5-4-12(9-14(13)17)21-7-6-20-11-3-1-2-10(8-11)15(18)19/h1-5,8-9H,6-7H2,(H,18,19). The second kappa shape index (κ2) is 7.08. The van der Waals surface area contributed by atoms with Crippen LogP contribution in [-0.2, 0) is 0 Å². The monoisotopic (exact) mass is 354 g/mol. The zero-order valence-corrected chi connectivity index (χ0v) is 12.5. The van der Waals surface area contributed by atoms with Crippen LogP contribution in [0.2, 0.25) is 0 Å². The SMILES string of the molecule is O=C(O)c1cccc(OCCOc2ccc(Br)c(F)c2)c1. The molecule has 4 nitrogen and oxygen atoms in total. The Morgan fingerprint density at radius 2 is 1.76 bits per heavy atom. The number of halogens is 2. The van der Waals surface area contributed by atoms with E-state index >= 15 is 0 Å². The van der Waals surface area contributed by atoms with Crippen LogP contribution >= 0.6 is 15.9 Å². The molecule has 0 fully saturated rings. The molecule has 0 saturated heterocycles. The van der Waals surface area contributed by atoms with Gasteiger partial charge in [-0.05, 0) is 46.3 Å². The van der Waals surface area contributed by atoms with E-state index in [-0.39, 0.29) is 18.8 Å². The molecule has 2 aromatic carbocycles. The van der Waals surface area contributed by atoms with Crippen molar-refractivity contribution in [1.82, 2.24) is 0 Å². The molecule has 0 aliphatic carbocycles. The van der Waals surface area contributed by atoms with Crippen LogP contribution < -0.4 is 9.47 Å². The van der Waals surface area contributed by atoms with Crippen molar-refractivity contribution < 1.29 is 23.8 Å². The average molecular weight is 355 g/mol. The zero-order chi connectivity index (χ0) is 15.2. The number of ether oxygens (including phenoxy) is 2. The Bertz CT molecular complexity index is 645. The van der Waals surface area contributed by atoms with Gasteiger partial charge in [-0.15, -0.1) is 0 Å². The molecule has 6 heteroatoms. The second-order valence-electron chi connectivity index (χ2n) is 4.11. The molecule has 0 amide bonds. The lowest BCUT2D eigenvalue weighted by Crippen LogP contribution is -2.09. The van der Waals surface area contributed by atoms with Gasteiger partial charge in [0.15, 0.2) is 0 Å². The van der Waals surface area contributed by atoms with Crippen LogP contribution in [-0.4, -0.2) is 24.3 Å². The van der Waals surface area contributed by atoms with E-state index in [1.165, 1.54) is 18.2 Å². The van der Waals surface area contributed by atoms with Crippen molar-refractivity contribution in [3.05, 3.63) is 58.3 Å². The number of carboxylic acids is 1. The predicted molar refractivity (Wildman–Crippen MR) is 78.5 cm³/mol. The van der Waals surface area contributed by atoms with Gasteiger partial charge in [0, 0.05) is 6.07 Å². The van der Waals surface area contributed by atoms with Gasteiger partial charge >= 0.3 is 5.97 Å². The quantitative estimate of drug-likeness (QED) is 0.802. The van der Waals surface area contributed by atoms with Crippen LogP contribution in [0.25, 0.3) is 0 Å². The van der Waals surface area contributed by atoms with E-state index in [0.29, 0.717) is 16.0 Å². The molecule has 21 heavy (non-hydrogen) atoms. The lowest BCUT2D eigenvalue weighted by atomic mass is 10.2. The summed E-state index contributed by atoms with van der Waals surface area (Å²) in [7, 11) is 0. The minimum atomic E-state index is -1.01. The highest BCUT2D eigenvalue weighted by Crippen LogP contribution is 2.21. The molecule has 110 valence electrons. The van der Waals surface area contributed by atoms with Crippen molar-refractivity contribution in [3.8, 4) is 11.5 Å². The van der Waals surface area contributed by atoms with Crippen LogP contribution in [0, 0.1) is 5.82 Å². The summed E-state index contributed by atoms with van der Waals surface area (Å²) in [5.41, 5.74) is 0.156. The summed E-state index contributed by atoms with van der Waals surface area (Å²) in [6, 6.07) is 10.6. The number of hydrogen-bond donors (Lipinski definition) is 1. The molecule has 2 aromatic rings. The largest absolute Gasteiger partial charge is 0.490 e. The van der Waals surface area contributed by atoms with Crippen LogP contribution in [0.4, 0.5) is 4.39 Å². The topological polar surface area (TPSA) is 55.8 Å². The molecular weight excluding hydrogens is 343 g/mol. The number of carbonyl (C=O) groups is 1. The van der Waals surface area contributed by atoms with Gasteiger partial charge < -0.3 is 14.6 Å². The Morgan fingerprint density at radius 3 is 2.38 bits per heavy atom. The highest BCUT2D eigenvalue weighted by atomic mass is 79.9. The molecule has 2 rings (SSSR count). The predicted octanol–water partition coefficient (Wildman–Crippen LogP) is 3.74. The number of hydrogen-bond acceptors (Lipinski definition) is 3. The maximum absolute atomic E-state index is 13.3. The highest BCUT2D eigenvalue weighted by Gasteiger charge is 2.04. The lowest BCUT2D eigenvalue weighted by molar-refractivity contribution is 0.0696. The third-order valence-corrected chi connectivity index (χ3v) is 3.24. The van der Waals surface area contributed by atoms with Gasteiger partial charge in [0.2, 0.25) is 0 Å². The van der Waals surface area contributed by atoms with Gasteiger partial charge in [-0.25, -0.2) is 9.18 Å². The Labute approximate surface area is 129 Å². The minimum Gasteiger partial charge on any atom is -0.490 e. The zero-order valence-electron chi connectivity index (χ0n) is 10.9. The first kappa shape index (κ1) is 15.3. The molecule has 0 bridgehead atoms. The molecule has 0 aromatic heterocycles. The maximum atomic E-state index is 13.3. The third-order valence-electron chi connectivity index (χ3n) is 2.59. The first-order valence-electron chi connectivity index (χ1n) is 6.10. The normalized spacial score (nSPS) is 10.2. The summed E-state index contributed by atoms with van der Waals surface area (Å²) in [5.74, 6) is -0.566. The minimum absolute atomic E-state index is 0.156. The third kappa shape index (κ3) is 4.46. The van der Waals surface area contributed by atoms with Crippen molar-refractivity contribution in [2.45, 2.75) is 0 Å². The Morgan fingerprint density at radius 1 is 1.10 bits per heavy atom. The molecule has 0 aliphatic heterocycles. The fourth-order valence-electron chi connectivity index (χ4n) is 1.60. The summed E-state index contributed by atoms with van der Waals surface area (Å²) < 4.78 is 24.4. The molecule has 0 spiro atoms. The van der Waals surface area contributed by atoms with E-state index in [4.69, 9.17) is 14.6 Å². The molecule has 0 atom stereocenters. The summed E-state index contributed by atoms with van der Waals surface area (Å²) in [6.07, 6.45) is 0. The van der Waals surface area contributed by atoms with Gasteiger partial charge in [-0.1, -0.05) is 6.07 Å². The fraction of sp³-hybridized carbons (Fsp3) is 0.133. The fourth-order valence-corrected chi connectivity index (χ4v) is 1.85. The average Bonchev–Trinajstić information content (AvgIpc) is 2.47. The van der Waals surface area contributed by atoms with E-state index in [1.807, 2.05) is 0 Å². The van der Waals surface area contributed by atoms with Gasteiger partial charge in [0.25, 0.3) is 0 Å². The number of carboxylic acid groups (broad SMARTS) is 1. The van der Waals surface area contributed by atoms with Crippen molar-refractivity contribution in [3.63, 3.8) is 0 Å². The molecular formula is C15H12BrFO4. The number of rotatable bonds is 6. The Balaban J connectivity index is 1.83. The number of aromatic carboxylic acids is 1. The van der Waals surface area contributed by atoms with Gasteiger partial charge in [-0.3, -0.25) is 0 Å². The molecule has 0 unspecified atom stereocenters. The van der Waals surface area contributed by atoms with E-state index in [1.54, 1.807) is 24.3 Å². The summed E-state index contributed by atoms with van der Waals surface area (Å²) in [6.45, 7) is 0.444. The van der Waals surface area contributed by atoms with Gasteiger partial charge in [0.1, 0.15) is 30.5 Å². The Kier molecular flexibility index (Phi) is 5.16. The lowest BCUT2D eigenvalue weighted by Gasteiger charge is -2.09. The van der Waals surface area contributed by atoms with E-state index in [9.17, 15) is 9.18 Å². The van der Waals surface area contributed by atoms with Gasteiger partial charge in [-0.2, -0.15) is 0 Å². The van der Waals surface area contributed by atoms with Crippen LogP contribution in [0.1, 0.15) is 10.4 Å². The van der Waals surface area contributed by atoms with Crippen molar-refractivity contribution in [1.29, 1.82) is 0 Å². The first-order chi connectivity index (χ1) is 10.1. The molecule has 0 heterocycles. The van der Waals surface area contributed by atoms with E-state index < -0.39 is 11.8 Å². The second-order valence-corrected chi connectivity index (χ2v) is 4.96. The summed E-state index contributed by atoms with van der Waals surface area (Å²) in [4.78, 5) is 10.8. The van der Waals surface area contributed by atoms with Crippen LogP contribution in [0.15, 0.2) is 46.9 Å². The maximum Gasteiger partial charge on any atom is 0.335 e. The highest BCUT2D eigenvalue weighted by molar-refractivity contribution is 9.10. The summed E-state index contributed by atoms with van der Waals surface area (Å²) >= 11 is 3.06. The summed E-state index contributed by atoms with van der Waals surface area (Å²) in [5, 5.41) is 8.86. The van der Waals surface area contributed by atoms with Crippen molar-refractivity contribution >= 4 is 21.9 Å². The molecule has 0 aliphatic rings. The van der Waals surface area contributed by atoms with E-state index in [0.717, 1.165) is 0 Å². The molecule has 1 N–H and O–H groups in total. The number of benzene rings is 2. The molecule has 0 saturated carbocycles. The first-order valence-corrected chi connectivity index (χ1v) is 6.89.